The van der Waals surface area contributed by atoms with E-state index < -0.39 is 5.97 Å². The van der Waals surface area contributed by atoms with Gasteiger partial charge in [0.15, 0.2) is 0 Å². The molecule has 5 nitrogen and oxygen atoms in total. The Morgan fingerprint density at radius 1 is 1.19 bits per heavy atom. The zero-order valence-electron chi connectivity index (χ0n) is 15.6. The number of nitrogens with one attached hydrogen (secondary N) is 1. The number of ether oxygens (including phenoxy) is 1. The summed E-state index contributed by atoms with van der Waals surface area (Å²) < 4.78 is 4.87. The van der Waals surface area contributed by atoms with Crippen LogP contribution in [0.2, 0.25) is 0 Å². The Bertz CT molecular complexity index is 1060. The molecule has 3 rings (SSSR count). The van der Waals surface area contributed by atoms with Crippen LogP contribution in [0.3, 0.4) is 0 Å². The first-order chi connectivity index (χ1) is 12.2. The lowest BCUT2D eigenvalue weighted by atomic mass is 9.84. The van der Waals surface area contributed by atoms with Gasteiger partial charge in [-0.25, -0.2) is 4.79 Å². The number of H-pyrrole nitrogens is 1. The van der Waals surface area contributed by atoms with E-state index in [1.54, 1.807) is 12.3 Å². The Morgan fingerprint density at radius 3 is 2.54 bits per heavy atom. The van der Waals surface area contributed by atoms with Crippen molar-refractivity contribution in [1.82, 2.24) is 9.97 Å². The number of nitrogens with zero attached hydrogens (tertiary/aromatic N) is 1. The third-order valence-corrected chi connectivity index (χ3v) is 4.55. The Hall–Kier alpha value is -2.95. The molecule has 0 atom stereocenters. The van der Waals surface area contributed by atoms with E-state index in [1.807, 2.05) is 19.1 Å². The normalized spacial score (nSPS) is 11.6. The van der Waals surface area contributed by atoms with Crippen LogP contribution in [0.1, 0.15) is 42.3 Å². The molecule has 2 heterocycles. The van der Waals surface area contributed by atoms with Gasteiger partial charge in [-0.05, 0) is 29.5 Å². The molecule has 0 aliphatic carbocycles. The van der Waals surface area contributed by atoms with E-state index in [0.29, 0.717) is 16.6 Å². The van der Waals surface area contributed by atoms with Gasteiger partial charge in [0, 0.05) is 18.0 Å². The summed E-state index contributed by atoms with van der Waals surface area (Å²) in [7, 11) is 1.27. The summed E-state index contributed by atoms with van der Waals surface area (Å²) in [5, 5.41) is 0.362. The van der Waals surface area contributed by atoms with Crippen molar-refractivity contribution >= 4 is 16.9 Å². The number of fused-ring (bicyclic) bond motifs is 1. The average Bonchev–Trinajstić information content (AvgIpc) is 2.60. The summed E-state index contributed by atoms with van der Waals surface area (Å²) in [6, 6.07) is 7.78. The average molecular weight is 350 g/mol. The van der Waals surface area contributed by atoms with E-state index in [-0.39, 0.29) is 16.4 Å². The molecule has 0 bridgehead atoms. The van der Waals surface area contributed by atoms with Crippen molar-refractivity contribution in [2.24, 2.45) is 0 Å². The zero-order chi connectivity index (χ0) is 19.1. The number of pyridine rings is 2. The van der Waals surface area contributed by atoms with Gasteiger partial charge in [0.2, 0.25) is 5.43 Å². The number of carbonyl (C=O) groups is 1. The third-order valence-electron chi connectivity index (χ3n) is 4.55. The van der Waals surface area contributed by atoms with Crippen molar-refractivity contribution in [2.45, 2.75) is 33.1 Å². The lowest BCUT2D eigenvalue weighted by molar-refractivity contribution is 0.0600. The Morgan fingerprint density at radius 2 is 1.92 bits per heavy atom. The van der Waals surface area contributed by atoms with E-state index in [9.17, 15) is 9.59 Å². The highest BCUT2D eigenvalue weighted by molar-refractivity contribution is 6.00. The van der Waals surface area contributed by atoms with Crippen LogP contribution in [0.25, 0.3) is 22.2 Å². The monoisotopic (exact) mass is 350 g/mol. The molecule has 1 aromatic carbocycles. The minimum atomic E-state index is -0.661. The Balaban J connectivity index is 2.34. The molecule has 0 amide bonds. The lowest BCUT2D eigenvalue weighted by Gasteiger charge is -2.21. The molecule has 0 radical (unpaired) electrons. The zero-order valence-corrected chi connectivity index (χ0v) is 15.6. The van der Waals surface area contributed by atoms with Crippen LogP contribution < -0.4 is 5.43 Å². The number of esters is 1. The highest BCUT2D eigenvalue weighted by Crippen LogP contribution is 2.30. The number of carbonyl (C=O) groups excluding carboxylic acids is 1. The van der Waals surface area contributed by atoms with Crippen molar-refractivity contribution in [1.29, 1.82) is 0 Å². The molecule has 0 spiro atoms. The molecular formula is C21H22N2O3. The van der Waals surface area contributed by atoms with Gasteiger partial charge in [0.1, 0.15) is 5.56 Å². The number of hydrogen-bond acceptors (Lipinski definition) is 4. The molecule has 0 unspecified atom stereocenters. The molecule has 26 heavy (non-hydrogen) atoms. The van der Waals surface area contributed by atoms with E-state index in [0.717, 1.165) is 11.1 Å². The summed E-state index contributed by atoms with van der Waals surface area (Å²) in [5.41, 5.74) is 3.70. The number of methoxy groups -OCH3 is 1. The molecule has 0 aliphatic rings. The molecule has 0 saturated carbocycles. The highest BCUT2D eigenvalue weighted by Gasteiger charge is 2.23. The van der Waals surface area contributed by atoms with E-state index in [2.05, 4.69) is 36.8 Å². The summed E-state index contributed by atoms with van der Waals surface area (Å²) in [5.74, 6) is -0.661. The number of rotatable bonds is 2. The van der Waals surface area contributed by atoms with Crippen LogP contribution in [0, 0.1) is 6.92 Å². The first-order valence-electron chi connectivity index (χ1n) is 8.44. The molecule has 1 N–H and O–H groups in total. The minimum absolute atomic E-state index is 0.000362. The number of hydrogen-bond donors (Lipinski definition) is 1. The van der Waals surface area contributed by atoms with Crippen molar-refractivity contribution in [3.05, 3.63) is 63.6 Å². The van der Waals surface area contributed by atoms with Gasteiger partial charge in [-0.3, -0.25) is 9.78 Å². The standard InChI is InChI=1S/C21H22N2O3/c1-12-10-13(21(2,3)4)6-7-14(12)18-17(20(25)26-5)19(24)15-11-22-9-8-16(15)23-18/h6-11H,1-5H3,(H,23,24). The smallest absolute Gasteiger partial charge is 0.344 e. The third kappa shape index (κ3) is 3.01. The molecule has 3 aromatic rings. The van der Waals surface area contributed by atoms with Crippen molar-refractivity contribution in [3.8, 4) is 11.3 Å². The second-order valence-corrected chi connectivity index (χ2v) is 7.40. The fourth-order valence-electron chi connectivity index (χ4n) is 3.04. The van der Waals surface area contributed by atoms with Gasteiger partial charge < -0.3 is 9.72 Å². The number of aromatic nitrogens is 2. The van der Waals surface area contributed by atoms with Gasteiger partial charge in [0.25, 0.3) is 0 Å². The Kier molecular flexibility index (Phi) is 4.40. The molecule has 0 fully saturated rings. The molecule has 0 aliphatic heterocycles. The lowest BCUT2D eigenvalue weighted by Crippen LogP contribution is -2.20. The van der Waals surface area contributed by atoms with Crippen LogP contribution in [-0.4, -0.2) is 23.0 Å². The van der Waals surface area contributed by atoms with Crippen molar-refractivity contribution in [3.63, 3.8) is 0 Å². The van der Waals surface area contributed by atoms with Crippen LogP contribution in [0.5, 0.6) is 0 Å². The summed E-state index contributed by atoms with van der Waals surface area (Å²) >= 11 is 0. The fraction of sp³-hybridized carbons (Fsp3) is 0.286. The van der Waals surface area contributed by atoms with Crippen LogP contribution in [0.15, 0.2) is 41.5 Å². The van der Waals surface area contributed by atoms with Gasteiger partial charge in [-0.15, -0.1) is 0 Å². The molecule has 134 valence electrons. The maximum absolute atomic E-state index is 12.9. The van der Waals surface area contributed by atoms with Crippen LogP contribution in [-0.2, 0) is 10.2 Å². The van der Waals surface area contributed by atoms with E-state index in [4.69, 9.17) is 4.74 Å². The van der Waals surface area contributed by atoms with Crippen LogP contribution in [0.4, 0.5) is 0 Å². The quantitative estimate of drug-likeness (QED) is 0.710. The summed E-state index contributed by atoms with van der Waals surface area (Å²) in [4.78, 5) is 32.5. The predicted octanol–water partition coefficient (Wildman–Crippen LogP) is 3.98. The molecular weight excluding hydrogens is 328 g/mol. The number of aryl methyl sites for hydroxylation is 1. The predicted molar refractivity (Wildman–Crippen MR) is 103 cm³/mol. The Labute approximate surface area is 152 Å². The topological polar surface area (TPSA) is 72.1 Å². The minimum Gasteiger partial charge on any atom is -0.465 e. The number of aromatic amines is 1. The molecule has 0 saturated heterocycles. The second-order valence-electron chi connectivity index (χ2n) is 7.40. The van der Waals surface area contributed by atoms with Gasteiger partial charge in [-0.2, -0.15) is 0 Å². The van der Waals surface area contributed by atoms with Crippen molar-refractivity contribution < 1.29 is 9.53 Å². The maximum Gasteiger partial charge on any atom is 0.344 e. The maximum atomic E-state index is 12.9. The first-order valence-corrected chi connectivity index (χ1v) is 8.44. The SMILES string of the molecule is COC(=O)c1c(-c2ccc(C(C)(C)C)cc2C)[nH]c2ccncc2c1=O. The summed E-state index contributed by atoms with van der Waals surface area (Å²) in [6.07, 6.45) is 3.06. The van der Waals surface area contributed by atoms with Crippen LogP contribution >= 0.6 is 0 Å². The van der Waals surface area contributed by atoms with Gasteiger partial charge in [0.05, 0.1) is 23.7 Å². The van der Waals surface area contributed by atoms with Crippen molar-refractivity contribution in [2.75, 3.05) is 7.11 Å². The summed E-state index contributed by atoms with van der Waals surface area (Å²) in [6.45, 7) is 8.41. The van der Waals surface area contributed by atoms with Gasteiger partial charge in [-0.1, -0.05) is 39.0 Å². The van der Waals surface area contributed by atoms with E-state index in [1.165, 1.54) is 18.9 Å². The van der Waals surface area contributed by atoms with E-state index >= 15 is 0 Å². The molecule has 5 heteroatoms. The first kappa shape index (κ1) is 17.9. The second kappa shape index (κ2) is 6.41. The number of benzene rings is 1. The molecule has 2 aromatic heterocycles. The largest absolute Gasteiger partial charge is 0.465 e. The highest BCUT2D eigenvalue weighted by atomic mass is 16.5. The fourth-order valence-corrected chi connectivity index (χ4v) is 3.04. The van der Waals surface area contributed by atoms with Gasteiger partial charge >= 0.3 is 5.97 Å².